The molecule has 7 heteroatoms. The highest BCUT2D eigenvalue weighted by atomic mass is 32.2. The molecule has 13 heavy (non-hydrogen) atoms. The lowest BCUT2D eigenvalue weighted by Gasteiger charge is -2.00. The van der Waals surface area contributed by atoms with Crippen molar-refractivity contribution in [3.63, 3.8) is 0 Å². The first-order valence-electron chi connectivity index (χ1n) is 3.64. The molecule has 0 N–H and O–H groups in total. The van der Waals surface area contributed by atoms with E-state index < -0.39 is 31.4 Å². The van der Waals surface area contributed by atoms with E-state index in [2.05, 4.69) is 0 Å². The summed E-state index contributed by atoms with van der Waals surface area (Å²) >= 11 is 0. The second kappa shape index (κ2) is 5.87. The zero-order valence-corrected chi connectivity index (χ0v) is 10.1. The van der Waals surface area contributed by atoms with Crippen molar-refractivity contribution in [3.8, 4) is 0 Å². The number of hydrogen-bond donors (Lipinski definition) is 0. The fourth-order valence-corrected chi connectivity index (χ4v) is 4.70. The molecule has 0 saturated heterocycles. The van der Waals surface area contributed by atoms with Crippen LogP contribution in [0.2, 0.25) is 0 Å². The van der Waals surface area contributed by atoms with Crippen LogP contribution in [-0.4, -0.2) is 52.4 Å². The third-order valence-corrected chi connectivity index (χ3v) is 5.09. The van der Waals surface area contributed by atoms with Crippen LogP contribution in [0, 0.1) is 0 Å². The summed E-state index contributed by atoms with van der Waals surface area (Å²) in [4.78, 5) is 0. The van der Waals surface area contributed by atoms with Gasteiger partial charge in [-0.2, -0.15) is 0 Å². The van der Waals surface area contributed by atoms with E-state index in [-0.39, 0.29) is 23.0 Å². The highest BCUT2D eigenvalue weighted by Crippen LogP contribution is 1.92. The summed E-state index contributed by atoms with van der Waals surface area (Å²) in [5.41, 5.74) is 0. The van der Waals surface area contributed by atoms with Crippen molar-refractivity contribution in [2.45, 2.75) is 0 Å². The Morgan fingerprint density at radius 1 is 0.923 bits per heavy atom. The van der Waals surface area contributed by atoms with Crippen LogP contribution in [-0.2, 0) is 31.4 Å². The van der Waals surface area contributed by atoms with E-state index in [1.54, 1.807) is 0 Å². The summed E-state index contributed by atoms with van der Waals surface area (Å²) in [6.45, 7) is 0. The van der Waals surface area contributed by atoms with Crippen LogP contribution in [0.5, 0.6) is 0 Å². The minimum Gasteiger partial charge on any atom is -0.260 e. The van der Waals surface area contributed by atoms with Gasteiger partial charge < -0.3 is 0 Å². The van der Waals surface area contributed by atoms with Crippen LogP contribution in [0.3, 0.4) is 0 Å². The lowest BCUT2D eigenvalue weighted by atomic mass is 10.9. The minimum absolute atomic E-state index is 0.0761. The van der Waals surface area contributed by atoms with Gasteiger partial charge in [-0.1, -0.05) is 0 Å². The largest absolute Gasteiger partial charge is 0.260 e. The van der Waals surface area contributed by atoms with Crippen LogP contribution in [0.1, 0.15) is 0 Å². The van der Waals surface area contributed by atoms with E-state index in [0.29, 0.717) is 0 Å². The van der Waals surface area contributed by atoms with Crippen LogP contribution in [0.25, 0.3) is 0 Å². The first-order valence-corrected chi connectivity index (χ1v) is 8.91. The van der Waals surface area contributed by atoms with Gasteiger partial charge in [0.2, 0.25) is 0 Å². The topological polar surface area (TPSA) is 68.3 Å². The maximum Gasteiger partial charge on any atom is 0.152 e. The third kappa shape index (κ3) is 8.58. The molecule has 0 radical (unpaired) electrons. The number of sulfone groups is 1. The molecule has 0 aliphatic rings. The Balaban J connectivity index is 3.95. The van der Waals surface area contributed by atoms with Crippen molar-refractivity contribution in [1.29, 1.82) is 0 Å². The van der Waals surface area contributed by atoms with Crippen molar-refractivity contribution < 1.29 is 16.8 Å². The van der Waals surface area contributed by atoms with Crippen LogP contribution in [0.15, 0.2) is 0 Å². The zero-order valence-electron chi connectivity index (χ0n) is 7.69. The number of rotatable bonds is 6. The van der Waals surface area contributed by atoms with Crippen molar-refractivity contribution in [1.82, 2.24) is 0 Å². The second-order valence-corrected chi connectivity index (χ2v) is 8.12. The van der Waals surface area contributed by atoms with Crippen LogP contribution < -0.4 is 0 Å². The molecular formula is C6H14O4S3. The lowest BCUT2D eigenvalue weighted by molar-refractivity contribution is 0.598. The van der Waals surface area contributed by atoms with Crippen molar-refractivity contribution in [2.75, 3.05) is 35.5 Å². The second-order valence-electron chi connectivity index (χ2n) is 2.71. The average Bonchev–Trinajstić information content (AvgIpc) is 1.98. The van der Waals surface area contributed by atoms with E-state index in [9.17, 15) is 16.8 Å². The molecule has 80 valence electrons. The molecule has 0 bridgehead atoms. The molecule has 4 nitrogen and oxygen atoms in total. The molecule has 0 spiro atoms. The van der Waals surface area contributed by atoms with Gasteiger partial charge in [0.15, 0.2) is 9.84 Å². The van der Waals surface area contributed by atoms with E-state index in [1.165, 1.54) is 12.5 Å². The normalized spacial score (nSPS) is 16.8. The molecule has 0 rings (SSSR count). The quantitative estimate of drug-likeness (QED) is 0.613. The SMILES string of the molecule is CS(=O)CCS(=O)(=O)CCS(C)=O. The molecular weight excluding hydrogens is 232 g/mol. The molecule has 0 aromatic rings. The first-order chi connectivity index (χ1) is 5.83. The standard InChI is InChI=1S/C6H14O4S3/c1-11(7)3-5-13(9,10)6-4-12(2)8/h3-6H2,1-2H3. The zero-order chi connectivity index (χ0) is 10.5. The molecule has 0 fully saturated rings. The summed E-state index contributed by atoms with van der Waals surface area (Å²) in [7, 11) is -5.32. The molecule has 0 aromatic carbocycles. The summed E-state index contributed by atoms with van der Waals surface area (Å²) in [6, 6.07) is 0. The van der Waals surface area contributed by atoms with Gasteiger partial charge in [-0.25, -0.2) is 8.42 Å². The molecule has 0 amide bonds. The lowest BCUT2D eigenvalue weighted by Crippen LogP contribution is -2.19. The van der Waals surface area contributed by atoms with Crippen molar-refractivity contribution >= 4 is 31.4 Å². The fraction of sp³-hybridized carbons (Fsp3) is 1.00. The Morgan fingerprint density at radius 3 is 1.46 bits per heavy atom. The fourth-order valence-electron chi connectivity index (χ4n) is 0.591. The van der Waals surface area contributed by atoms with Gasteiger partial charge in [0.1, 0.15) is 0 Å². The van der Waals surface area contributed by atoms with Gasteiger partial charge in [0.25, 0.3) is 0 Å². The van der Waals surface area contributed by atoms with Gasteiger partial charge in [0.05, 0.1) is 11.5 Å². The average molecular weight is 246 g/mol. The minimum atomic E-state index is -3.16. The van der Waals surface area contributed by atoms with E-state index in [0.717, 1.165) is 0 Å². The predicted octanol–water partition coefficient (Wildman–Crippen LogP) is -0.842. The molecule has 0 heterocycles. The van der Waals surface area contributed by atoms with Gasteiger partial charge in [-0.15, -0.1) is 0 Å². The molecule has 0 aliphatic heterocycles. The van der Waals surface area contributed by atoms with E-state index in [1.807, 2.05) is 0 Å². The molecule has 0 aliphatic carbocycles. The monoisotopic (exact) mass is 246 g/mol. The maximum absolute atomic E-state index is 11.2. The van der Waals surface area contributed by atoms with E-state index >= 15 is 0 Å². The first kappa shape index (κ1) is 13.2. The Hall–Kier alpha value is 0.250. The Kier molecular flexibility index (Phi) is 5.98. The predicted molar refractivity (Wildman–Crippen MR) is 56.5 cm³/mol. The molecule has 2 unspecified atom stereocenters. The summed E-state index contributed by atoms with van der Waals surface area (Å²) in [5, 5.41) is 0. The smallest absolute Gasteiger partial charge is 0.152 e. The van der Waals surface area contributed by atoms with Gasteiger partial charge in [-0.3, -0.25) is 8.42 Å². The van der Waals surface area contributed by atoms with Crippen molar-refractivity contribution in [3.05, 3.63) is 0 Å². The molecule has 0 saturated carbocycles. The number of hydrogen-bond acceptors (Lipinski definition) is 4. The summed E-state index contributed by atoms with van der Waals surface area (Å²) < 4.78 is 43.6. The van der Waals surface area contributed by atoms with E-state index in [4.69, 9.17) is 0 Å². The molecule has 0 aromatic heterocycles. The maximum atomic E-state index is 11.2. The Morgan fingerprint density at radius 2 is 1.23 bits per heavy atom. The Bertz CT molecular complexity index is 269. The summed E-state index contributed by atoms with van der Waals surface area (Å²) in [6.07, 6.45) is 2.93. The van der Waals surface area contributed by atoms with Crippen LogP contribution >= 0.6 is 0 Å². The third-order valence-electron chi connectivity index (χ3n) is 1.36. The Labute approximate surface area is 83.9 Å². The summed E-state index contributed by atoms with van der Waals surface area (Å²) in [5.74, 6) is 0.179. The highest BCUT2D eigenvalue weighted by Gasteiger charge is 2.11. The van der Waals surface area contributed by atoms with Crippen LogP contribution in [0.4, 0.5) is 0 Å². The van der Waals surface area contributed by atoms with Gasteiger partial charge >= 0.3 is 0 Å². The van der Waals surface area contributed by atoms with Gasteiger partial charge in [-0.05, 0) is 0 Å². The molecule has 2 atom stereocenters. The highest BCUT2D eigenvalue weighted by molar-refractivity contribution is 7.94. The van der Waals surface area contributed by atoms with Crippen molar-refractivity contribution in [2.24, 2.45) is 0 Å². The van der Waals surface area contributed by atoms with Gasteiger partial charge in [0, 0.05) is 45.6 Å².